The van der Waals surface area contributed by atoms with Gasteiger partial charge in [-0.15, -0.1) is 0 Å². The van der Waals surface area contributed by atoms with Gasteiger partial charge in [-0.3, -0.25) is 4.98 Å². The molecule has 0 radical (unpaired) electrons. The minimum absolute atomic E-state index is 0.578. The van der Waals surface area contributed by atoms with E-state index in [-0.39, 0.29) is 0 Å². The molecule has 3 heterocycles. The highest BCUT2D eigenvalue weighted by Gasteiger charge is 2.11. The second-order valence-electron chi connectivity index (χ2n) is 4.03. The minimum atomic E-state index is 0.578. The zero-order chi connectivity index (χ0) is 12.5. The Bertz CT molecular complexity index is 765. The molecule has 0 atom stereocenters. The second-order valence-corrected chi connectivity index (χ2v) is 4.03. The molecule has 0 aliphatic heterocycles. The zero-order valence-corrected chi connectivity index (χ0v) is 9.83. The third kappa shape index (κ3) is 1.45. The fourth-order valence-electron chi connectivity index (χ4n) is 2.08. The molecule has 3 rings (SSSR count). The number of pyridine rings is 2. The summed E-state index contributed by atoms with van der Waals surface area (Å²) in [6.07, 6.45) is 5.40. The van der Waals surface area contributed by atoms with Crippen molar-refractivity contribution >= 4 is 11.0 Å². The van der Waals surface area contributed by atoms with Crippen LogP contribution in [0.15, 0.2) is 42.9 Å². The molecule has 0 amide bonds. The van der Waals surface area contributed by atoms with E-state index >= 15 is 0 Å². The summed E-state index contributed by atoms with van der Waals surface area (Å²) in [7, 11) is 1.95. The van der Waals surface area contributed by atoms with Crippen LogP contribution in [0, 0.1) is 11.3 Å². The van der Waals surface area contributed by atoms with Crippen molar-refractivity contribution in [2.75, 3.05) is 0 Å². The van der Waals surface area contributed by atoms with Gasteiger partial charge >= 0.3 is 0 Å². The van der Waals surface area contributed by atoms with Gasteiger partial charge < -0.3 is 4.57 Å². The SMILES string of the molecule is Cn1ccc2c(-c3ncccc3C#N)ccnc21. The Morgan fingerprint density at radius 1 is 1.17 bits per heavy atom. The van der Waals surface area contributed by atoms with E-state index in [2.05, 4.69) is 16.0 Å². The fraction of sp³-hybridized carbons (Fsp3) is 0.0714. The van der Waals surface area contributed by atoms with Crippen LogP contribution in [0.25, 0.3) is 22.3 Å². The van der Waals surface area contributed by atoms with E-state index in [1.807, 2.05) is 29.9 Å². The van der Waals surface area contributed by atoms with Gasteiger partial charge in [0.15, 0.2) is 0 Å². The average molecular weight is 234 g/mol. The first-order valence-electron chi connectivity index (χ1n) is 5.57. The van der Waals surface area contributed by atoms with E-state index in [1.54, 1.807) is 24.5 Å². The molecule has 0 aromatic carbocycles. The smallest absolute Gasteiger partial charge is 0.140 e. The molecule has 0 spiro atoms. The lowest BCUT2D eigenvalue weighted by atomic mass is 10.1. The Balaban J connectivity index is 2.36. The molecule has 0 aliphatic rings. The van der Waals surface area contributed by atoms with Gasteiger partial charge in [-0.1, -0.05) is 0 Å². The van der Waals surface area contributed by atoms with Gasteiger partial charge in [0.2, 0.25) is 0 Å². The molecule has 0 saturated carbocycles. The first-order valence-corrected chi connectivity index (χ1v) is 5.57. The van der Waals surface area contributed by atoms with Crippen LogP contribution in [0.4, 0.5) is 0 Å². The van der Waals surface area contributed by atoms with E-state index in [1.165, 1.54) is 0 Å². The highest BCUT2D eigenvalue weighted by Crippen LogP contribution is 2.28. The third-order valence-corrected chi connectivity index (χ3v) is 2.95. The Labute approximate surface area is 104 Å². The summed E-state index contributed by atoms with van der Waals surface area (Å²) in [5, 5.41) is 10.2. The van der Waals surface area contributed by atoms with E-state index in [9.17, 15) is 0 Å². The quantitative estimate of drug-likeness (QED) is 0.650. The molecule has 0 N–H and O–H groups in total. The van der Waals surface area contributed by atoms with Crippen molar-refractivity contribution in [2.24, 2.45) is 7.05 Å². The highest BCUT2D eigenvalue weighted by atomic mass is 15.0. The van der Waals surface area contributed by atoms with Gasteiger partial charge in [-0.25, -0.2) is 4.98 Å². The average Bonchev–Trinajstić information content (AvgIpc) is 2.81. The predicted octanol–water partition coefficient (Wildman–Crippen LogP) is 2.51. The number of rotatable bonds is 1. The van der Waals surface area contributed by atoms with Crippen LogP contribution in [0.3, 0.4) is 0 Å². The first-order chi connectivity index (χ1) is 8.81. The maximum Gasteiger partial charge on any atom is 0.140 e. The van der Waals surface area contributed by atoms with E-state index < -0.39 is 0 Å². The van der Waals surface area contributed by atoms with Crippen LogP contribution >= 0.6 is 0 Å². The predicted molar refractivity (Wildman–Crippen MR) is 68.7 cm³/mol. The van der Waals surface area contributed by atoms with E-state index in [0.29, 0.717) is 11.3 Å². The normalized spacial score (nSPS) is 10.4. The summed E-state index contributed by atoms with van der Waals surface area (Å²) in [5.74, 6) is 0. The lowest BCUT2D eigenvalue weighted by Gasteiger charge is -2.04. The van der Waals surface area contributed by atoms with Crippen molar-refractivity contribution in [3.05, 3.63) is 48.4 Å². The van der Waals surface area contributed by atoms with Crippen molar-refractivity contribution in [1.82, 2.24) is 14.5 Å². The van der Waals surface area contributed by atoms with Crippen molar-refractivity contribution in [3.8, 4) is 17.3 Å². The van der Waals surface area contributed by atoms with Crippen LogP contribution in [0.1, 0.15) is 5.56 Å². The number of aromatic nitrogens is 3. The summed E-state index contributed by atoms with van der Waals surface area (Å²) in [6, 6.07) is 9.61. The van der Waals surface area contributed by atoms with E-state index in [0.717, 1.165) is 16.6 Å². The summed E-state index contributed by atoms with van der Waals surface area (Å²) in [6.45, 7) is 0. The molecule has 3 aromatic heterocycles. The van der Waals surface area contributed by atoms with Crippen LogP contribution in [-0.4, -0.2) is 14.5 Å². The number of nitrogens with zero attached hydrogens (tertiary/aromatic N) is 4. The maximum absolute atomic E-state index is 9.15. The van der Waals surface area contributed by atoms with Crippen LogP contribution in [0.5, 0.6) is 0 Å². The molecule has 0 saturated heterocycles. The monoisotopic (exact) mass is 234 g/mol. The topological polar surface area (TPSA) is 54.5 Å². The van der Waals surface area contributed by atoms with Crippen molar-refractivity contribution in [2.45, 2.75) is 0 Å². The molecular weight excluding hydrogens is 224 g/mol. The van der Waals surface area contributed by atoms with Crippen LogP contribution < -0.4 is 0 Å². The van der Waals surface area contributed by atoms with Gasteiger partial charge in [-0.2, -0.15) is 5.26 Å². The van der Waals surface area contributed by atoms with Gasteiger partial charge in [0.1, 0.15) is 11.7 Å². The Morgan fingerprint density at radius 3 is 2.89 bits per heavy atom. The Kier molecular flexibility index (Phi) is 2.31. The molecule has 3 aromatic rings. The molecule has 4 heteroatoms. The highest BCUT2D eigenvalue weighted by molar-refractivity contribution is 5.93. The lowest BCUT2D eigenvalue weighted by Crippen LogP contribution is -1.92. The third-order valence-electron chi connectivity index (χ3n) is 2.95. The minimum Gasteiger partial charge on any atom is -0.336 e. The summed E-state index contributed by atoms with van der Waals surface area (Å²) in [5.41, 5.74) is 3.12. The van der Waals surface area contributed by atoms with Crippen molar-refractivity contribution < 1.29 is 0 Å². The van der Waals surface area contributed by atoms with Gasteiger partial charge in [0.25, 0.3) is 0 Å². The Hall–Kier alpha value is -2.67. The van der Waals surface area contributed by atoms with Crippen LogP contribution in [-0.2, 0) is 7.05 Å². The number of nitriles is 1. The lowest BCUT2D eigenvalue weighted by molar-refractivity contribution is 0.948. The summed E-state index contributed by atoms with van der Waals surface area (Å²) in [4.78, 5) is 8.65. The molecule has 0 unspecified atom stereocenters. The zero-order valence-electron chi connectivity index (χ0n) is 9.83. The molecule has 0 bridgehead atoms. The van der Waals surface area contributed by atoms with Gasteiger partial charge in [0, 0.05) is 36.6 Å². The van der Waals surface area contributed by atoms with Crippen LogP contribution in [0.2, 0.25) is 0 Å². The Morgan fingerprint density at radius 2 is 2.06 bits per heavy atom. The second kappa shape index (κ2) is 3.97. The maximum atomic E-state index is 9.15. The van der Waals surface area contributed by atoms with Crippen molar-refractivity contribution in [3.63, 3.8) is 0 Å². The molecule has 18 heavy (non-hydrogen) atoms. The van der Waals surface area contributed by atoms with Crippen molar-refractivity contribution in [1.29, 1.82) is 5.26 Å². The number of hydrogen-bond donors (Lipinski definition) is 0. The standard InChI is InChI=1S/C14H10N4/c1-18-8-5-12-11(4-7-17-14(12)18)13-10(9-15)3-2-6-16-13/h2-8H,1H3. The largest absolute Gasteiger partial charge is 0.336 e. The fourth-order valence-corrected chi connectivity index (χ4v) is 2.08. The van der Waals surface area contributed by atoms with Gasteiger partial charge in [-0.05, 0) is 24.3 Å². The molecule has 0 aliphatic carbocycles. The van der Waals surface area contributed by atoms with Gasteiger partial charge in [0.05, 0.1) is 11.3 Å². The molecule has 86 valence electrons. The number of fused-ring (bicyclic) bond motifs is 1. The van der Waals surface area contributed by atoms with E-state index in [4.69, 9.17) is 5.26 Å². The molecule has 4 nitrogen and oxygen atoms in total. The summed E-state index contributed by atoms with van der Waals surface area (Å²) >= 11 is 0. The first kappa shape index (κ1) is 10.5. The summed E-state index contributed by atoms with van der Waals surface area (Å²) < 4.78 is 1.95. The number of hydrogen-bond acceptors (Lipinski definition) is 3. The molecular formula is C14H10N4. The molecule has 0 fully saturated rings. The number of aryl methyl sites for hydroxylation is 1.